The number of urea groups is 1. The molecule has 2 fully saturated rings. The first-order valence-electron chi connectivity index (χ1n) is 16.1. The van der Waals surface area contributed by atoms with Crippen LogP contribution in [0.25, 0.3) is 0 Å². The van der Waals surface area contributed by atoms with Gasteiger partial charge in [-0.25, -0.2) is 4.79 Å². The zero-order valence-electron chi connectivity index (χ0n) is 27.0. The number of rotatable bonds is 13. The molecular weight excluding hydrogens is 574 g/mol. The molecule has 0 spiro atoms. The number of hydrogen-bond donors (Lipinski definition) is 4. The average molecular weight is 624 g/mol. The quantitative estimate of drug-likeness (QED) is 0.150. The van der Waals surface area contributed by atoms with Crippen LogP contribution in [0.2, 0.25) is 0 Å². The largest absolute Gasteiger partial charge is 0.346 e. The smallest absolute Gasteiger partial charge is 0.316 e. The number of carbonyl (C=O) groups excluding carboxylic acids is 6. The van der Waals surface area contributed by atoms with Crippen LogP contribution in [0.3, 0.4) is 0 Å². The van der Waals surface area contributed by atoms with Gasteiger partial charge in [-0.05, 0) is 43.4 Å². The van der Waals surface area contributed by atoms with Crippen molar-refractivity contribution >= 4 is 35.3 Å². The number of ketones is 2. The standard InChI is InChI=1S/C34H49N5O6/c1-6-20-35-31(43)28(41)24(7-2)36-30(42)25-19-14-21-39(25)32(44)29(34(3,4)5)38-33(45)37-26(22-15-10-8-11-16-22)27(40)23-17-12-9-13-18-23/h6,9,12-13,17-18,22,24-26,29H,1,7-8,10-11,14-16,19-21H2,2-5H3,(H,35,43)(H,36,42)(H2,37,38,45)/t24?,25-,26?,29?/m0/s1. The van der Waals surface area contributed by atoms with Gasteiger partial charge in [-0.3, -0.25) is 24.0 Å². The molecule has 1 saturated carbocycles. The second kappa shape index (κ2) is 16.3. The molecule has 1 aliphatic heterocycles. The van der Waals surface area contributed by atoms with E-state index in [9.17, 15) is 28.8 Å². The van der Waals surface area contributed by atoms with Crippen LogP contribution in [0.4, 0.5) is 4.79 Å². The Hall–Kier alpha value is -4.02. The fraction of sp³-hybridized carbons (Fsp3) is 0.588. The van der Waals surface area contributed by atoms with Crippen molar-refractivity contribution in [2.24, 2.45) is 11.3 Å². The Bertz CT molecular complexity index is 1240. The summed E-state index contributed by atoms with van der Waals surface area (Å²) < 4.78 is 0. The van der Waals surface area contributed by atoms with Gasteiger partial charge in [0.2, 0.25) is 17.6 Å². The maximum Gasteiger partial charge on any atom is 0.316 e. The van der Waals surface area contributed by atoms with E-state index in [2.05, 4.69) is 27.8 Å². The topological polar surface area (TPSA) is 154 Å². The third-order valence-corrected chi connectivity index (χ3v) is 8.65. The summed E-state index contributed by atoms with van der Waals surface area (Å²) in [6, 6.07) is 4.63. The van der Waals surface area contributed by atoms with Crippen molar-refractivity contribution < 1.29 is 28.8 Å². The number of hydrogen-bond acceptors (Lipinski definition) is 6. The van der Waals surface area contributed by atoms with Crippen molar-refractivity contribution in [3.05, 3.63) is 48.6 Å². The number of benzene rings is 1. The molecule has 0 radical (unpaired) electrons. The zero-order chi connectivity index (χ0) is 33.1. The van der Waals surface area contributed by atoms with Crippen molar-refractivity contribution in [3.8, 4) is 0 Å². The molecule has 45 heavy (non-hydrogen) atoms. The molecular formula is C34H49N5O6. The van der Waals surface area contributed by atoms with Gasteiger partial charge in [0.05, 0.1) is 12.1 Å². The summed E-state index contributed by atoms with van der Waals surface area (Å²) in [6.07, 6.45) is 7.30. The van der Waals surface area contributed by atoms with Crippen molar-refractivity contribution in [2.75, 3.05) is 13.1 Å². The van der Waals surface area contributed by atoms with Gasteiger partial charge in [-0.1, -0.05) is 83.4 Å². The molecule has 0 bridgehead atoms. The molecule has 5 amide bonds. The number of nitrogens with zero attached hydrogens (tertiary/aromatic N) is 1. The van der Waals surface area contributed by atoms with Gasteiger partial charge in [0.1, 0.15) is 12.1 Å². The van der Waals surface area contributed by atoms with Crippen LogP contribution in [-0.4, -0.2) is 77.5 Å². The van der Waals surface area contributed by atoms with Gasteiger partial charge in [0.25, 0.3) is 5.91 Å². The van der Waals surface area contributed by atoms with E-state index in [-0.39, 0.29) is 24.7 Å². The Morgan fingerprint density at radius 3 is 2.20 bits per heavy atom. The van der Waals surface area contributed by atoms with E-state index in [0.717, 1.165) is 32.1 Å². The van der Waals surface area contributed by atoms with E-state index in [1.807, 2.05) is 26.8 Å². The fourth-order valence-electron chi connectivity index (χ4n) is 6.11. The second-order valence-electron chi connectivity index (χ2n) is 13.0. The number of nitrogens with one attached hydrogen (secondary N) is 4. The van der Waals surface area contributed by atoms with E-state index in [1.165, 1.54) is 11.0 Å². The molecule has 11 heteroatoms. The number of likely N-dealkylation sites (tertiary alicyclic amines) is 1. The predicted octanol–water partition coefficient (Wildman–Crippen LogP) is 3.29. The molecule has 0 aromatic heterocycles. The minimum Gasteiger partial charge on any atom is -0.346 e. The molecule has 1 aliphatic carbocycles. The zero-order valence-corrected chi connectivity index (χ0v) is 27.0. The van der Waals surface area contributed by atoms with Crippen LogP contribution < -0.4 is 21.3 Å². The van der Waals surface area contributed by atoms with Crippen molar-refractivity contribution in [3.63, 3.8) is 0 Å². The minimum absolute atomic E-state index is 0.0132. The highest BCUT2D eigenvalue weighted by Crippen LogP contribution is 2.29. The Morgan fingerprint density at radius 1 is 0.933 bits per heavy atom. The highest BCUT2D eigenvalue weighted by molar-refractivity contribution is 6.38. The first-order chi connectivity index (χ1) is 21.4. The summed E-state index contributed by atoms with van der Waals surface area (Å²) in [7, 11) is 0. The Labute approximate surface area is 266 Å². The first-order valence-corrected chi connectivity index (χ1v) is 16.1. The summed E-state index contributed by atoms with van der Waals surface area (Å²) in [6.45, 7) is 11.1. The molecule has 3 rings (SSSR count). The average Bonchev–Trinajstić information content (AvgIpc) is 3.53. The first kappa shape index (κ1) is 35.5. The molecule has 246 valence electrons. The van der Waals surface area contributed by atoms with Crippen LogP contribution in [0.5, 0.6) is 0 Å². The lowest BCUT2D eigenvalue weighted by Gasteiger charge is -2.36. The lowest BCUT2D eigenvalue weighted by Crippen LogP contribution is -2.61. The van der Waals surface area contributed by atoms with E-state index in [0.29, 0.717) is 24.9 Å². The predicted molar refractivity (Wildman–Crippen MR) is 171 cm³/mol. The van der Waals surface area contributed by atoms with E-state index < -0.39 is 59.1 Å². The Kier molecular flexibility index (Phi) is 12.9. The monoisotopic (exact) mass is 623 g/mol. The van der Waals surface area contributed by atoms with E-state index in [1.54, 1.807) is 31.2 Å². The van der Waals surface area contributed by atoms with E-state index >= 15 is 0 Å². The number of carbonyl (C=O) groups is 6. The molecule has 1 aromatic carbocycles. The molecule has 11 nitrogen and oxygen atoms in total. The maximum absolute atomic E-state index is 14.0. The molecule has 4 N–H and O–H groups in total. The normalized spacial score (nSPS) is 19.0. The van der Waals surface area contributed by atoms with Crippen LogP contribution in [-0.2, 0) is 19.2 Å². The summed E-state index contributed by atoms with van der Waals surface area (Å²) in [5, 5.41) is 10.8. The van der Waals surface area contributed by atoms with Crippen molar-refractivity contribution in [1.82, 2.24) is 26.2 Å². The van der Waals surface area contributed by atoms with Gasteiger partial charge < -0.3 is 26.2 Å². The van der Waals surface area contributed by atoms with Gasteiger partial charge in [0.15, 0.2) is 5.78 Å². The molecule has 4 atom stereocenters. The molecule has 1 heterocycles. The van der Waals surface area contributed by atoms with E-state index in [4.69, 9.17) is 0 Å². The van der Waals surface area contributed by atoms with Crippen molar-refractivity contribution in [1.29, 1.82) is 0 Å². The molecule has 3 unspecified atom stereocenters. The van der Waals surface area contributed by atoms with Gasteiger partial charge in [0, 0.05) is 18.7 Å². The maximum atomic E-state index is 14.0. The summed E-state index contributed by atoms with van der Waals surface area (Å²) in [5.74, 6) is -2.72. The SMILES string of the molecule is C=CCNC(=O)C(=O)C(CC)NC(=O)[C@@H]1CCCN1C(=O)C(NC(=O)NC(C(=O)c1ccccc1)C1CCCCC1)C(C)(C)C. The number of amides is 5. The van der Waals surface area contributed by atoms with Crippen LogP contribution >= 0.6 is 0 Å². The van der Waals surface area contributed by atoms with Crippen LogP contribution in [0.15, 0.2) is 43.0 Å². The van der Waals surface area contributed by atoms with Gasteiger partial charge in [-0.15, -0.1) is 6.58 Å². The lowest BCUT2D eigenvalue weighted by atomic mass is 9.81. The fourth-order valence-corrected chi connectivity index (χ4v) is 6.11. The summed E-state index contributed by atoms with van der Waals surface area (Å²) in [5.41, 5.74) is -0.211. The number of Topliss-reactive ketones (excluding diaryl/α,β-unsaturated/α-hetero) is 2. The Morgan fingerprint density at radius 2 is 1.60 bits per heavy atom. The summed E-state index contributed by atoms with van der Waals surface area (Å²) >= 11 is 0. The minimum atomic E-state index is -1.04. The highest BCUT2D eigenvalue weighted by Gasteiger charge is 2.43. The summed E-state index contributed by atoms with van der Waals surface area (Å²) in [4.78, 5) is 80.7. The highest BCUT2D eigenvalue weighted by atomic mass is 16.2. The van der Waals surface area contributed by atoms with Crippen LogP contribution in [0, 0.1) is 11.3 Å². The molecule has 1 aromatic rings. The van der Waals surface area contributed by atoms with Crippen molar-refractivity contribution in [2.45, 2.75) is 103 Å². The third-order valence-electron chi connectivity index (χ3n) is 8.65. The molecule has 1 saturated heterocycles. The lowest BCUT2D eigenvalue weighted by molar-refractivity contribution is -0.143. The van der Waals surface area contributed by atoms with Gasteiger partial charge in [-0.2, -0.15) is 0 Å². The molecule has 2 aliphatic rings. The third kappa shape index (κ3) is 9.48. The van der Waals surface area contributed by atoms with Gasteiger partial charge >= 0.3 is 6.03 Å². The van der Waals surface area contributed by atoms with Crippen LogP contribution in [0.1, 0.15) is 89.4 Å². The Balaban J connectivity index is 1.74. The second-order valence-corrected chi connectivity index (χ2v) is 13.0.